The molecule has 0 aliphatic rings. The van der Waals surface area contributed by atoms with Crippen molar-refractivity contribution in [1.29, 1.82) is 0 Å². The van der Waals surface area contributed by atoms with Crippen LogP contribution < -0.4 is 5.32 Å². The summed E-state index contributed by atoms with van der Waals surface area (Å²) < 4.78 is 1.87. The van der Waals surface area contributed by atoms with E-state index >= 15 is 0 Å². The minimum atomic E-state index is -0.0586. The van der Waals surface area contributed by atoms with Gasteiger partial charge in [0.2, 0.25) is 0 Å². The summed E-state index contributed by atoms with van der Waals surface area (Å²) >= 11 is 5.98. The van der Waals surface area contributed by atoms with Gasteiger partial charge in [-0.3, -0.25) is 4.79 Å². The number of fused-ring (bicyclic) bond motifs is 1. The van der Waals surface area contributed by atoms with Crippen LogP contribution in [0.4, 0.5) is 0 Å². The quantitative estimate of drug-likeness (QED) is 0.931. The van der Waals surface area contributed by atoms with Gasteiger partial charge in [0.05, 0.1) is 0 Å². The van der Waals surface area contributed by atoms with Crippen LogP contribution in [0.2, 0.25) is 5.02 Å². The summed E-state index contributed by atoms with van der Waals surface area (Å²) in [6.07, 6.45) is 0. The molecule has 1 heterocycles. The molecule has 1 aromatic heterocycles. The highest BCUT2D eigenvalue weighted by molar-refractivity contribution is 6.31. The number of aryl methyl sites for hydroxylation is 1. The highest BCUT2D eigenvalue weighted by Crippen LogP contribution is 2.22. The number of amides is 1. The van der Waals surface area contributed by atoms with E-state index in [1.165, 1.54) is 0 Å². The molecule has 0 spiro atoms. The molecular formula is C14H18ClN3O. The predicted molar refractivity (Wildman–Crippen MR) is 78.8 cm³/mol. The van der Waals surface area contributed by atoms with E-state index in [4.69, 9.17) is 11.6 Å². The minimum absolute atomic E-state index is 0.0586. The summed E-state index contributed by atoms with van der Waals surface area (Å²) in [5, 5.41) is 4.60. The molecule has 2 aromatic rings. The molecule has 0 aliphatic carbocycles. The van der Waals surface area contributed by atoms with Crippen molar-refractivity contribution >= 4 is 28.4 Å². The molecule has 1 amide bonds. The highest BCUT2D eigenvalue weighted by Gasteiger charge is 2.13. The number of carbonyl (C=O) groups is 1. The number of likely N-dealkylation sites (N-methyl/N-ethyl adjacent to an activating group) is 1. The summed E-state index contributed by atoms with van der Waals surface area (Å²) in [4.78, 5) is 14.1. The lowest BCUT2D eigenvalue weighted by Crippen LogP contribution is -2.32. The maximum atomic E-state index is 12.1. The molecule has 1 aromatic carbocycles. The minimum Gasteiger partial charge on any atom is -0.349 e. The Hall–Kier alpha value is -1.52. The van der Waals surface area contributed by atoms with E-state index in [2.05, 4.69) is 5.32 Å². The van der Waals surface area contributed by atoms with Crippen LogP contribution in [0.25, 0.3) is 10.9 Å². The van der Waals surface area contributed by atoms with E-state index in [-0.39, 0.29) is 5.91 Å². The zero-order chi connectivity index (χ0) is 14.0. The Morgan fingerprint density at radius 1 is 1.37 bits per heavy atom. The van der Waals surface area contributed by atoms with Crippen molar-refractivity contribution in [2.24, 2.45) is 7.05 Å². The van der Waals surface area contributed by atoms with E-state index in [9.17, 15) is 4.79 Å². The number of nitrogens with one attached hydrogen (secondary N) is 1. The smallest absolute Gasteiger partial charge is 0.267 e. The number of rotatable bonds is 4. The molecule has 0 saturated carbocycles. The number of carbonyl (C=O) groups excluding carboxylic acids is 1. The van der Waals surface area contributed by atoms with Gasteiger partial charge in [-0.15, -0.1) is 0 Å². The van der Waals surface area contributed by atoms with Crippen molar-refractivity contribution in [3.05, 3.63) is 35.0 Å². The highest BCUT2D eigenvalue weighted by atomic mass is 35.5. The molecule has 4 nitrogen and oxygen atoms in total. The molecular weight excluding hydrogens is 262 g/mol. The Bertz CT molecular complexity index is 604. The summed E-state index contributed by atoms with van der Waals surface area (Å²) in [5.74, 6) is -0.0586. The van der Waals surface area contributed by atoms with Crippen molar-refractivity contribution in [2.45, 2.75) is 0 Å². The van der Waals surface area contributed by atoms with Gasteiger partial charge in [0.15, 0.2) is 0 Å². The van der Waals surface area contributed by atoms with E-state index in [1.807, 2.05) is 54.9 Å². The second-order valence-corrected chi connectivity index (χ2v) is 5.29. The zero-order valence-corrected chi connectivity index (χ0v) is 12.2. The van der Waals surface area contributed by atoms with Crippen LogP contribution in [0.3, 0.4) is 0 Å². The second-order valence-electron chi connectivity index (χ2n) is 4.85. The Morgan fingerprint density at radius 3 is 2.79 bits per heavy atom. The molecule has 2 rings (SSSR count). The summed E-state index contributed by atoms with van der Waals surface area (Å²) in [6.45, 7) is 1.45. The Morgan fingerprint density at radius 2 is 2.11 bits per heavy atom. The third kappa shape index (κ3) is 3.08. The van der Waals surface area contributed by atoms with Crippen molar-refractivity contribution in [3.63, 3.8) is 0 Å². The molecule has 0 aliphatic heterocycles. The fraction of sp³-hybridized carbons (Fsp3) is 0.357. The maximum absolute atomic E-state index is 12.1. The van der Waals surface area contributed by atoms with E-state index in [0.717, 1.165) is 17.4 Å². The number of benzene rings is 1. The third-order valence-corrected chi connectivity index (χ3v) is 3.32. The Labute approximate surface area is 117 Å². The largest absolute Gasteiger partial charge is 0.349 e. The summed E-state index contributed by atoms with van der Waals surface area (Å²) in [5.41, 5.74) is 1.61. The lowest BCUT2D eigenvalue weighted by molar-refractivity contribution is 0.0943. The van der Waals surface area contributed by atoms with Crippen LogP contribution in [0.5, 0.6) is 0 Å². The molecule has 0 saturated heterocycles. The predicted octanol–water partition coefficient (Wildman–Crippen LogP) is 2.12. The van der Waals surface area contributed by atoms with Crippen LogP contribution >= 0.6 is 11.6 Å². The van der Waals surface area contributed by atoms with E-state index in [0.29, 0.717) is 17.3 Å². The normalized spacial score (nSPS) is 11.2. The molecule has 0 fully saturated rings. The Balaban J connectivity index is 2.20. The van der Waals surface area contributed by atoms with Gasteiger partial charge in [0.1, 0.15) is 5.69 Å². The monoisotopic (exact) mass is 279 g/mol. The van der Waals surface area contributed by atoms with Crippen molar-refractivity contribution in [1.82, 2.24) is 14.8 Å². The van der Waals surface area contributed by atoms with Crippen molar-refractivity contribution < 1.29 is 4.79 Å². The van der Waals surface area contributed by atoms with E-state index in [1.54, 1.807) is 0 Å². The zero-order valence-electron chi connectivity index (χ0n) is 11.4. The third-order valence-electron chi connectivity index (χ3n) is 3.08. The van der Waals surface area contributed by atoms with Gasteiger partial charge in [0, 0.05) is 36.1 Å². The molecule has 0 bridgehead atoms. The molecule has 1 N–H and O–H groups in total. The fourth-order valence-corrected chi connectivity index (χ4v) is 2.17. The SMILES string of the molecule is CN(C)CCNC(=O)c1cc2ccc(Cl)cc2n1C. The van der Waals surface area contributed by atoms with Crippen molar-refractivity contribution in [3.8, 4) is 0 Å². The molecule has 5 heteroatoms. The first-order valence-electron chi connectivity index (χ1n) is 6.17. The fourth-order valence-electron chi connectivity index (χ4n) is 2.00. The van der Waals surface area contributed by atoms with Gasteiger partial charge in [-0.1, -0.05) is 17.7 Å². The van der Waals surface area contributed by atoms with Crippen LogP contribution in [-0.4, -0.2) is 42.6 Å². The first-order valence-corrected chi connectivity index (χ1v) is 6.55. The molecule has 0 atom stereocenters. The first kappa shape index (κ1) is 13.9. The Kier molecular flexibility index (Phi) is 4.12. The average Bonchev–Trinajstić information content (AvgIpc) is 2.66. The number of hydrogen-bond acceptors (Lipinski definition) is 2. The summed E-state index contributed by atoms with van der Waals surface area (Å²) in [6, 6.07) is 7.51. The standard InChI is InChI=1S/C14H18ClN3O/c1-17(2)7-6-16-14(19)13-8-10-4-5-11(15)9-12(10)18(13)3/h4-5,8-9H,6-7H2,1-3H3,(H,16,19). The lowest BCUT2D eigenvalue weighted by atomic mass is 10.2. The van der Waals surface area contributed by atoms with Crippen molar-refractivity contribution in [2.75, 3.05) is 27.2 Å². The number of aromatic nitrogens is 1. The van der Waals surface area contributed by atoms with Gasteiger partial charge in [-0.2, -0.15) is 0 Å². The van der Waals surface area contributed by atoms with Gasteiger partial charge in [-0.05, 0) is 32.3 Å². The molecule has 102 valence electrons. The molecule has 0 radical (unpaired) electrons. The average molecular weight is 280 g/mol. The topological polar surface area (TPSA) is 37.3 Å². The van der Waals surface area contributed by atoms with Crippen LogP contribution in [0.15, 0.2) is 24.3 Å². The van der Waals surface area contributed by atoms with Gasteiger partial charge < -0.3 is 14.8 Å². The van der Waals surface area contributed by atoms with Crippen LogP contribution in [-0.2, 0) is 7.05 Å². The second kappa shape index (κ2) is 5.63. The van der Waals surface area contributed by atoms with Gasteiger partial charge in [0.25, 0.3) is 5.91 Å². The molecule has 19 heavy (non-hydrogen) atoms. The van der Waals surface area contributed by atoms with Gasteiger partial charge >= 0.3 is 0 Å². The lowest BCUT2D eigenvalue weighted by Gasteiger charge is -2.10. The summed E-state index contributed by atoms with van der Waals surface area (Å²) in [7, 11) is 5.83. The number of halogens is 1. The first-order chi connectivity index (χ1) is 8.99. The van der Waals surface area contributed by atoms with Crippen LogP contribution in [0, 0.1) is 0 Å². The molecule has 0 unspecified atom stereocenters. The maximum Gasteiger partial charge on any atom is 0.267 e. The van der Waals surface area contributed by atoms with E-state index < -0.39 is 0 Å². The number of hydrogen-bond donors (Lipinski definition) is 1. The van der Waals surface area contributed by atoms with Gasteiger partial charge in [-0.25, -0.2) is 0 Å². The van der Waals surface area contributed by atoms with Crippen LogP contribution in [0.1, 0.15) is 10.5 Å². The number of nitrogens with zero attached hydrogens (tertiary/aromatic N) is 2.